The van der Waals surface area contributed by atoms with Crippen LogP contribution in [0.15, 0.2) is 18.5 Å². The van der Waals surface area contributed by atoms with Crippen LogP contribution in [0.1, 0.15) is 5.56 Å². The maximum absolute atomic E-state index is 5.88. The van der Waals surface area contributed by atoms with Gasteiger partial charge in [0.05, 0.1) is 5.88 Å². The Kier molecular flexibility index (Phi) is 3.54. The zero-order chi connectivity index (χ0) is 9.80. The first-order valence-electron chi connectivity index (χ1n) is 4.73. The second kappa shape index (κ2) is 4.89. The van der Waals surface area contributed by atoms with Crippen molar-refractivity contribution in [3.63, 3.8) is 0 Å². The number of halogens is 1. The number of rotatable bonds is 2. The van der Waals surface area contributed by atoms with E-state index in [-0.39, 0.29) is 0 Å². The van der Waals surface area contributed by atoms with Crippen LogP contribution in [0.3, 0.4) is 0 Å². The van der Waals surface area contributed by atoms with Gasteiger partial charge in [0.15, 0.2) is 0 Å². The van der Waals surface area contributed by atoms with Gasteiger partial charge in [-0.1, -0.05) is 0 Å². The summed E-state index contributed by atoms with van der Waals surface area (Å²) < 4.78 is 0. The van der Waals surface area contributed by atoms with Gasteiger partial charge in [-0.15, -0.1) is 11.6 Å². The van der Waals surface area contributed by atoms with Crippen molar-refractivity contribution in [1.29, 1.82) is 0 Å². The first-order valence-corrected chi connectivity index (χ1v) is 6.42. The third kappa shape index (κ3) is 2.15. The molecule has 2 heterocycles. The van der Waals surface area contributed by atoms with Crippen LogP contribution >= 0.6 is 23.4 Å². The summed E-state index contributed by atoms with van der Waals surface area (Å²) >= 11 is 7.90. The molecule has 1 saturated heterocycles. The number of thioether (sulfide) groups is 1. The molecule has 2 rings (SSSR count). The normalized spacial score (nSPS) is 17.1. The van der Waals surface area contributed by atoms with Crippen molar-refractivity contribution in [2.75, 3.05) is 29.5 Å². The van der Waals surface area contributed by atoms with Crippen LogP contribution in [0.25, 0.3) is 0 Å². The molecule has 0 amide bonds. The van der Waals surface area contributed by atoms with Crippen molar-refractivity contribution in [1.82, 2.24) is 4.98 Å². The molecule has 1 aliphatic rings. The Bertz CT molecular complexity index is 300. The summed E-state index contributed by atoms with van der Waals surface area (Å²) in [5, 5.41) is 0. The molecule has 14 heavy (non-hydrogen) atoms. The van der Waals surface area contributed by atoms with Crippen LogP contribution in [0.5, 0.6) is 0 Å². The largest absolute Gasteiger partial charge is 0.370 e. The van der Waals surface area contributed by atoms with Gasteiger partial charge in [-0.2, -0.15) is 11.8 Å². The van der Waals surface area contributed by atoms with Crippen LogP contribution in [-0.2, 0) is 5.88 Å². The summed E-state index contributed by atoms with van der Waals surface area (Å²) in [7, 11) is 0. The lowest BCUT2D eigenvalue weighted by molar-refractivity contribution is 0.851. The molecule has 0 saturated carbocycles. The molecule has 0 radical (unpaired) electrons. The predicted molar refractivity (Wildman–Crippen MR) is 63.3 cm³/mol. The fraction of sp³-hybridized carbons (Fsp3) is 0.500. The SMILES string of the molecule is ClCc1cnccc1N1CCSCC1. The smallest absolute Gasteiger partial charge is 0.0509 e. The molecule has 0 bridgehead atoms. The number of pyridine rings is 1. The minimum absolute atomic E-state index is 0.548. The Labute approximate surface area is 93.7 Å². The lowest BCUT2D eigenvalue weighted by Crippen LogP contribution is -2.33. The van der Waals surface area contributed by atoms with Crippen LogP contribution in [0.4, 0.5) is 5.69 Å². The highest BCUT2D eigenvalue weighted by Gasteiger charge is 2.13. The predicted octanol–water partition coefficient (Wildman–Crippen LogP) is 2.37. The number of alkyl halides is 1. The highest BCUT2D eigenvalue weighted by molar-refractivity contribution is 7.99. The van der Waals surface area contributed by atoms with Crippen molar-refractivity contribution in [2.24, 2.45) is 0 Å². The highest BCUT2D eigenvalue weighted by atomic mass is 35.5. The lowest BCUT2D eigenvalue weighted by atomic mass is 10.2. The van der Waals surface area contributed by atoms with E-state index in [1.54, 1.807) is 0 Å². The summed E-state index contributed by atoms with van der Waals surface area (Å²) in [6, 6.07) is 2.06. The minimum atomic E-state index is 0.548. The van der Waals surface area contributed by atoms with Gasteiger partial charge in [-0.05, 0) is 6.07 Å². The molecule has 0 spiro atoms. The van der Waals surface area contributed by atoms with Gasteiger partial charge >= 0.3 is 0 Å². The Morgan fingerprint density at radius 1 is 1.43 bits per heavy atom. The lowest BCUT2D eigenvalue weighted by Gasteiger charge is -2.29. The van der Waals surface area contributed by atoms with Gasteiger partial charge in [0.25, 0.3) is 0 Å². The molecule has 1 fully saturated rings. The molecule has 0 aromatic carbocycles. The fourth-order valence-corrected chi connectivity index (χ4v) is 2.74. The quantitative estimate of drug-likeness (QED) is 0.724. The van der Waals surface area contributed by atoms with Crippen molar-refractivity contribution in [3.8, 4) is 0 Å². The average molecular weight is 229 g/mol. The van der Waals surface area contributed by atoms with Gasteiger partial charge in [0.1, 0.15) is 0 Å². The van der Waals surface area contributed by atoms with Crippen molar-refractivity contribution in [2.45, 2.75) is 5.88 Å². The van der Waals surface area contributed by atoms with E-state index in [0.29, 0.717) is 5.88 Å². The monoisotopic (exact) mass is 228 g/mol. The molecule has 1 aliphatic heterocycles. The number of hydrogen-bond donors (Lipinski definition) is 0. The van der Waals surface area contributed by atoms with Crippen LogP contribution in [0.2, 0.25) is 0 Å². The Balaban J connectivity index is 2.20. The van der Waals surface area contributed by atoms with E-state index in [1.165, 1.54) is 17.2 Å². The van der Waals surface area contributed by atoms with E-state index in [2.05, 4.69) is 16.0 Å². The summed E-state index contributed by atoms with van der Waals surface area (Å²) in [4.78, 5) is 6.49. The standard InChI is InChI=1S/C10H13ClN2S/c11-7-9-8-12-2-1-10(9)13-3-5-14-6-4-13/h1-2,8H,3-7H2. The van der Waals surface area contributed by atoms with E-state index in [1.807, 2.05) is 24.2 Å². The van der Waals surface area contributed by atoms with E-state index in [9.17, 15) is 0 Å². The van der Waals surface area contributed by atoms with E-state index >= 15 is 0 Å². The van der Waals surface area contributed by atoms with Gasteiger partial charge in [-0.25, -0.2) is 0 Å². The Hall–Kier alpha value is -0.410. The third-order valence-corrected chi connectivity index (χ3v) is 3.60. The first-order chi connectivity index (χ1) is 6.92. The summed E-state index contributed by atoms with van der Waals surface area (Å²) in [5.74, 6) is 2.97. The molecule has 2 nitrogen and oxygen atoms in total. The zero-order valence-electron chi connectivity index (χ0n) is 7.95. The average Bonchev–Trinajstić information content (AvgIpc) is 2.30. The third-order valence-electron chi connectivity index (χ3n) is 2.37. The number of anilines is 1. The van der Waals surface area contributed by atoms with Crippen LogP contribution < -0.4 is 4.90 Å². The molecule has 0 unspecified atom stereocenters. The van der Waals surface area contributed by atoms with Gasteiger partial charge in [0, 0.05) is 48.2 Å². The molecule has 0 N–H and O–H groups in total. The van der Waals surface area contributed by atoms with E-state index in [0.717, 1.165) is 18.7 Å². The van der Waals surface area contributed by atoms with Crippen molar-refractivity contribution in [3.05, 3.63) is 24.0 Å². The van der Waals surface area contributed by atoms with Gasteiger partial charge in [0.2, 0.25) is 0 Å². The highest BCUT2D eigenvalue weighted by Crippen LogP contribution is 2.23. The molecule has 1 aromatic rings. The molecular weight excluding hydrogens is 216 g/mol. The van der Waals surface area contributed by atoms with Crippen LogP contribution in [-0.4, -0.2) is 29.6 Å². The number of aromatic nitrogens is 1. The van der Waals surface area contributed by atoms with Crippen molar-refractivity contribution < 1.29 is 0 Å². The molecule has 76 valence electrons. The second-order valence-corrected chi connectivity index (χ2v) is 4.73. The Morgan fingerprint density at radius 3 is 2.93 bits per heavy atom. The Morgan fingerprint density at radius 2 is 2.21 bits per heavy atom. The topological polar surface area (TPSA) is 16.1 Å². The van der Waals surface area contributed by atoms with E-state index in [4.69, 9.17) is 11.6 Å². The summed E-state index contributed by atoms with van der Waals surface area (Å²) in [6.07, 6.45) is 3.71. The molecular formula is C10H13ClN2S. The molecule has 1 aromatic heterocycles. The molecule has 0 atom stereocenters. The second-order valence-electron chi connectivity index (χ2n) is 3.24. The number of hydrogen-bond acceptors (Lipinski definition) is 3. The minimum Gasteiger partial charge on any atom is -0.370 e. The maximum Gasteiger partial charge on any atom is 0.0509 e. The number of nitrogens with zero attached hydrogens (tertiary/aromatic N) is 2. The molecule has 0 aliphatic carbocycles. The molecule has 4 heteroatoms. The zero-order valence-corrected chi connectivity index (χ0v) is 9.52. The van der Waals surface area contributed by atoms with Crippen LogP contribution in [0, 0.1) is 0 Å². The fourth-order valence-electron chi connectivity index (χ4n) is 1.64. The van der Waals surface area contributed by atoms with Gasteiger partial charge < -0.3 is 4.90 Å². The summed E-state index contributed by atoms with van der Waals surface area (Å²) in [5.41, 5.74) is 2.40. The van der Waals surface area contributed by atoms with E-state index < -0.39 is 0 Å². The van der Waals surface area contributed by atoms with Crippen molar-refractivity contribution >= 4 is 29.1 Å². The first kappa shape index (κ1) is 10.1. The van der Waals surface area contributed by atoms with Gasteiger partial charge in [-0.3, -0.25) is 4.98 Å². The summed E-state index contributed by atoms with van der Waals surface area (Å²) in [6.45, 7) is 2.25. The maximum atomic E-state index is 5.88.